The Morgan fingerprint density at radius 1 is 1.65 bits per heavy atom. The molecule has 0 saturated carbocycles. The van der Waals surface area contributed by atoms with Gasteiger partial charge in [-0.1, -0.05) is 11.6 Å². The normalized spacial score (nSPS) is 20.2. The summed E-state index contributed by atoms with van der Waals surface area (Å²) in [6.45, 7) is 2.51. The minimum Gasteiger partial charge on any atom is -0.340 e. The SMILES string of the molecule is CN(Cc1ccc(Cl)s1)C(=O)[C@@H]1CCCNC1. The maximum Gasteiger partial charge on any atom is 0.227 e. The third-order valence-corrected chi connectivity index (χ3v) is 4.26. The lowest BCUT2D eigenvalue weighted by Gasteiger charge is -2.26. The van der Waals surface area contributed by atoms with Crippen molar-refractivity contribution in [3.63, 3.8) is 0 Å². The molecule has 0 spiro atoms. The van der Waals surface area contributed by atoms with Gasteiger partial charge in [-0.2, -0.15) is 0 Å². The molecule has 94 valence electrons. The van der Waals surface area contributed by atoms with Crippen molar-refractivity contribution in [3.05, 3.63) is 21.3 Å². The van der Waals surface area contributed by atoms with Gasteiger partial charge in [-0.05, 0) is 31.5 Å². The maximum atomic E-state index is 12.2. The molecule has 1 aliphatic heterocycles. The summed E-state index contributed by atoms with van der Waals surface area (Å²) in [5.41, 5.74) is 0. The minimum absolute atomic E-state index is 0.143. The Kier molecular flexibility index (Phi) is 4.42. The maximum absolute atomic E-state index is 12.2. The third kappa shape index (κ3) is 3.44. The van der Waals surface area contributed by atoms with Crippen LogP contribution in [0.4, 0.5) is 0 Å². The van der Waals surface area contributed by atoms with Gasteiger partial charge >= 0.3 is 0 Å². The molecule has 0 radical (unpaired) electrons. The van der Waals surface area contributed by atoms with E-state index < -0.39 is 0 Å². The highest BCUT2D eigenvalue weighted by Gasteiger charge is 2.23. The molecular formula is C12H17ClN2OS. The number of rotatable bonds is 3. The molecule has 1 atom stereocenters. The number of carbonyl (C=O) groups excluding carboxylic acids is 1. The second-order valence-corrected chi connectivity index (χ2v) is 6.24. The standard InChI is InChI=1S/C12H17ClN2OS/c1-15(8-10-4-5-11(13)17-10)12(16)9-3-2-6-14-7-9/h4-5,9,14H,2-3,6-8H2,1H3/t9-/m1/s1. The molecule has 0 aromatic carbocycles. The summed E-state index contributed by atoms with van der Waals surface area (Å²) in [7, 11) is 1.87. The van der Waals surface area contributed by atoms with Gasteiger partial charge in [0.1, 0.15) is 0 Å². The van der Waals surface area contributed by atoms with Crippen molar-refractivity contribution >= 4 is 28.8 Å². The van der Waals surface area contributed by atoms with Gasteiger partial charge in [0.25, 0.3) is 0 Å². The number of carbonyl (C=O) groups is 1. The van der Waals surface area contributed by atoms with E-state index in [0.29, 0.717) is 6.54 Å². The number of halogens is 1. The lowest BCUT2D eigenvalue weighted by molar-refractivity contribution is -0.135. The smallest absolute Gasteiger partial charge is 0.227 e. The number of thiophene rings is 1. The Bertz CT molecular complexity index is 388. The fourth-order valence-corrected chi connectivity index (χ4v) is 3.26. The second-order valence-electron chi connectivity index (χ2n) is 4.44. The van der Waals surface area contributed by atoms with Gasteiger partial charge in [0.05, 0.1) is 16.8 Å². The van der Waals surface area contributed by atoms with Gasteiger partial charge in [0.2, 0.25) is 5.91 Å². The number of nitrogens with zero attached hydrogens (tertiary/aromatic N) is 1. The van der Waals surface area contributed by atoms with Gasteiger partial charge < -0.3 is 10.2 Å². The van der Waals surface area contributed by atoms with E-state index in [4.69, 9.17) is 11.6 Å². The van der Waals surface area contributed by atoms with Crippen molar-refractivity contribution in [1.29, 1.82) is 0 Å². The molecule has 0 bridgehead atoms. The average molecular weight is 273 g/mol. The van der Waals surface area contributed by atoms with Gasteiger partial charge in [-0.25, -0.2) is 0 Å². The molecule has 1 N–H and O–H groups in total. The van der Waals surface area contributed by atoms with E-state index in [2.05, 4.69) is 5.32 Å². The first-order chi connectivity index (χ1) is 8.16. The van der Waals surface area contributed by atoms with Crippen LogP contribution in [0.3, 0.4) is 0 Å². The number of hydrogen-bond donors (Lipinski definition) is 1. The lowest BCUT2D eigenvalue weighted by atomic mass is 9.98. The highest BCUT2D eigenvalue weighted by atomic mass is 35.5. The summed E-state index contributed by atoms with van der Waals surface area (Å²) in [4.78, 5) is 15.1. The lowest BCUT2D eigenvalue weighted by Crippen LogP contribution is -2.41. The zero-order valence-electron chi connectivity index (χ0n) is 9.91. The first-order valence-electron chi connectivity index (χ1n) is 5.86. The molecule has 1 aromatic heterocycles. The van der Waals surface area contributed by atoms with E-state index in [0.717, 1.165) is 35.1 Å². The molecule has 1 amide bonds. The molecule has 5 heteroatoms. The number of piperidine rings is 1. The zero-order chi connectivity index (χ0) is 12.3. The molecule has 1 fully saturated rings. The van der Waals surface area contributed by atoms with E-state index in [9.17, 15) is 4.79 Å². The fourth-order valence-electron chi connectivity index (χ4n) is 2.12. The van der Waals surface area contributed by atoms with Crippen LogP contribution in [0.1, 0.15) is 17.7 Å². The summed E-state index contributed by atoms with van der Waals surface area (Å²) >= 11 is 7.41. The van der Waals surface area contributed by atoms with E-state index in [-0.39, 0.29) is 11.8 Å². The molecule has 0 aliphatic carbocycles. The van der Waals surface area contributed by atoms with Crippen LogP contribution >= 0.6 is 22.9 Å². The van der Waals surface area contributed by atoms with Crippen molar-refractivity contribution in [2.75, 3.05) is 20.1 Å². The van der Waals surface area contributed by atoms with E-state index in [1.54, 1.807) is 4.90 Å². The van der Waals surface area contributed by atoms with Crippen LogP contribution in [-0.4, -0.2) is 30.9 Å². The minimum atomic E-state index is 0.143. The number of hydrogen-bond acceptors (Lipinski definition) is 3. The molecule has 2 rings (SSSR count). The summed E-state index contributed by atoms with van der Waals surface area (Å²) in [6, 6.07) is 3.86. The molecule has 1 saturated heterocycles. The Labute approximate surface area is 111 Å². The van der Waals surface area contributed by atoms with Crippen LogP contribution in [-0.2, 0) is 11.3 Å². The van der Waals surface area contributed by atoms with E-state index >= 15 is 0 Å². The summed E-state index contributed by atoms with van der Waals surface area (Å²) < 4.78 is 0.778. The van der Waals surface area contributed by atoms with Crippen LogP contribution in [0.2, 0.25) is 4.34 Å². The molecule has 3 nitrogen and oxygen atoms in total. The van der Waals surface area contributed by atoms with Crippen molar-refractivity contribution in [1.82, 2.24) is 10.2 Å². The summed E-state index contributed by atoms with van der Waals surface area (Å²) in [5, 5.41) is 3.27. The number of nitrogens with one attached hydrogen (secondary N) is 1. The summed E-state index contributed by atoms with van der Waals surface area (Å²) in [5.74, 6) is 0.380. The highest BCUT2D eigenvalue weighted by Crippen LogP contribution is 2.23. The Balaban J connectivity index is 1.90. The van der Waals surface area contributed by atoms with Crippen LogP contribution in [0.25, 0.3) is 0 Å². The van der Waals surface area contributed by atoms with Crippen LogP contribution < -0.4 is 5.32 Å². The topological polar surface area (TPSA) is 32.3 Å². The molecule has 2 heterocycles. The third-order valence-electron chi connectivity index (χ3n) is 3.04. The Hall–Kier alpha value is -0.580. The first kappa shape index (κ1) is 12.9. The highest BCUT2D eigenvalue weighted by molar-refractivity contribution is 7.16. The fraction of sp³-hybridized carbons (Fsp3) is 0.583. The first-order valence-corrected chi connectivity index (χ1v) is 7.06. The molecule has 17 heavy (non-hydrogen) atoms. The van der Waals surface area contributed by atoms with Crippen molar-refractivity contribution in [2.45, 2.75) is 19.4 Å². The number of amides is 1. The van der Waals surface area contributed by atoms with Crippen LogP contribution in [0.15, 0.2) is 12.1 Å². The average Bonchev–Trinajstić information content (AvgIpc) is 2.75. The van der Waals surface area contributed by atoms with Gasteiger partial charge in [-0.3, -0.25) is 4.79 Å². The Morgan fingerprint density at radius 2 is 2.47 bits per heavy atom. The van der Waals surface area contributed by atoms with Gasteiger partial charge in [0, 0.05) is 18.5 Å². The monoisotopic (exact) mass is 272 g/mol. The van der Waals surface area contributed by atoms with Gasteiger partial charge in [-0.15, -0.1) is 11.3 Å². The van der Waals surface area contributed by atoms with Crippen LogP contribution in [0.5, 0.6) is 0 Å². The van der Waals surface area contributed by atoms with E-state index in [1.165, 1.54) is 11.3 Å². The predicted octanol–water partition coefficient (Wildman–Crippen LogP) is 2.36. The summed E-state index contributed by atoms with van der Waals surface area (Å²) in [6.07, 6.45) is 2.09. The molecule has 1 aliphatic rings. The van der Waals surface area contributed by atoms with Gasteiger partial charge in [0.15, 0.2) is 0 Å². The Morgan fingerprint density at radius 3 is 3.06 bits per heavy atom. The predicted molar refractivity (Wildman–Crippen MR) is 71.4 cm³/mol. The quantitative estimate of drug-likeness (QED) is 0.916. The van der Waals surface area contributed by atoms with Crippen LogP contribution in [0, 0.1) is 5.92 Å². The van der Waals surface area contributed by atoms with Crippen molar-refractivity contribution < 1.29 is 4.79 Å². The molecular weight excluding hydrogens is 256 g/mol. The molecule has 1 aromatic rings. The molecule has 0 unspecified atom stereocenters. The van der Waals surface area contributed by atoms with E-state index in [1.807, 2.05) is 19.2 Å². The van der Waals surface area contributed by atoms with Crippen molar-refractivity contribution in [3.8, 4) is 0 Å². The zero-order valence-corrected chi connectivity index (χ0v) is 11.5. The second kappa shape index (κ2) is 5.85. The largest absolute Gasteiger partial charge is 0.340 e. The van der Waals surface area contributed by atoms with Crippen molar-refractivity contribution in [2.24, 2.45) is 5.92 Å².